The van der Waals surface area contributed by atoms with E-state index in [0.717, 1.165) is 0 Å². The molecule has 4 heteroatoms. The van der Waals surface area contributed by atoms with Gasteiger partial charge in [0.25, 0.3) is 0 Å². The third-order valence-corrected chi connectivity index (χ3v) is 3.90. The molecule has 2 rings (SSSR count). The molecule has 3 N–H and O–H groups in total. The number of carbonyl (C=O) groups is 1. The van der Waals surface area contributed by atoms with E-state index in [1.165, 1.54) is 25.7 Å². The fourth-order valence-corrected chi connectivity index (χ4v) is 2.82. The normalized spacial score (nSPS) is 32.9. The summed E-state index contributed by atoms with van der Waals surface area (Å²) in [5, 5.41) is 15.5. The molecule has 1 saturated carbocycles. The van der Waals surface area contributed by atoms with Crippen molar-refractivity contribution in [3.63, 3.8) is 0 Å². The van der Waals surface area contributed by atoms with Gasteiger partial charge in [-0.15, -0.1) is 0 Å². The molecule has 0 bridgehead atoms. The Hall–Kier alpha value is -0.610. The molecular weight excluding hydrogens is 204 g/mol. The van der Waals surface area contributed by atoms with Gasteiger partial charge in [0, 0.05) is 12.6 Å². The van der Waals surface area contributed by atoms with Crippen molar-refractivity contribution in [1.82, 2.24) is 10.6 Å². The van der Waals surface area contributed by atoms with Crippen LogP contribution in [0.2, 0.25) is 0 Å². The average molecular weight is 226 g/mol. The SMILES string of the molecule is C[C@@H](NC(=O)C1CC(O)CN1)C1CCCC1. The molecule has 3 atom stereocenters. The van der Waals surface area contributed by atoms with Gasteiger partial charge >= 0.3 is 0 Å². The average Bonchev–Trinajstić information content (AvgIpc) is 2.87. The predicted molar refractivity (Wildman–Crippen MR) is 62.0 cm³/mol. The zero-order chi connectivity index (χ0) is 11.5. The molecule has 2 fully saturated rings. The number of aliphatic hydroxyl groups excluding tert-OH is 1. The van der Waals surface area contributed by atoms with Crippen molar-refractivity contribution in [2.24, 2.45) is 5.92 Å². The lowest BCUT2D eigenvalue weighted by molar-refractivity contribution is -0.123. The van der Waals surface area contributed by atoms with Crippen LogP contribution in [0.5, 0.6) is 0 Å². The van der Waals surface area contributed by atoms with E-state index in [2.05, 4.69) is 17.6 Å². The van der Waals surface area contributed by atoms with Gasteiger partial charge in [-0.05, 0) is 32.1 Å². The van der Waals surface area contributed by atoms with Gasteiger partial charge in [0.15, 0.2) is 0 Å². The molecule has 1 heterocycles. The Morgan fingerprint density at radius 2 is 2.12 bits per heavy atom. The minimum atomic E-state index is -0.363. The maximum atomic E-state index is 11.9. The second-order valence-electron chi connectivity index (χ2n) is 5.19. The fraction of sp³-hybridized carbons (Fsp3) is 0.917. The highest BCUT2D eigenvalue weighted by molar-refractivity contribution is 5.82. The first-order valence-electron chi connectivity index (χ1n) is 6.38. The van der Waals surface area contributed by atoms with Crippen molar-refractivity contribution in [3.8, 4) is 0 Å². The maximum absolute atomic E-state index is 11.9. The van der Waals surface area contributed by atoms with E-state index in [9.17, 15) is 9.90 Å². The molecule has 4 nitrogen and oxygen atoms in total. The highest BCUT2D eigenvalue weighted by atomic mass is 16.3. The van der Waals surface area contributed by atoms with E-state index in [1.807, 2.05) is 0 Å². The molecule has 1 aliphatic heterocycles. The lowest BCUT2D eigenvalue weighted by Gasteiger charge is -2.22. The van der Waals surface area contributed by atoms with E-state index in [1.54, 1.807) is 0 Å². The standard InChI is InChI=1S/C12H22N2O2/c1-8(9-4-2-3-5-9)14-12(16)11-6-10(15)7-13-11/h8-11,13,15H,2-7H2,1H3,(H,14,16)/t8-,10?,11?/m1/s1. The number of β-amino-alcohol motifs (C(OH)–C–C–N with tert-alkyl or cyclic N) is 1. The van der Waals surface area contributed by atoms with Crippen LogP contribution in [0.15, 0.2) is 0 Å². The second kappa shape index (κ2) is 5.15. The van der Waals surface area contributed by atoms with Crippen LogP contribution in [0.1, 0.15) is 39.0 Å². The van der Waals surface area contributed by atoms with E-state index in [-0.39, 0.29) is 24.1 Å². The summed E-state index contributed by atoms with van der Waals surface area (Å²) in [7, 11) is 0. The minimum Gasteiger partial charge on any atom is -0.392 e. The first-order valence-corrected chi connectivity index (χ1v) is 6.38. The molecule has 0 aromatic heterocycles. The number of carbonyl (C=O) groups excluding carboxylic acids is 1. The summed E-state index contributed by atoms with van der Waals surface area (Å²) in [4.78, 5) is 11.9. The Morgan fingerprint density at radius 3 is 2.69 bits per heavy atom. The van der Waals surface area contributed by atoms with Crippen LogP contribution in [0.25, 0.3) is 0 Å². The van der Waals surface area contributed by atoms with Gasteiger partial charge in [-0.1, -0.05) is 12.8 Å². The van der Waals surface area contributed by atoms with Crippen LogP contribution in [-0.4, -0.2) is 35.7 Å². The molecule has 1 aliphatic carbocycles. The van der Waals surface area contributed by atoms with E-state index < -0.39 is 0 Å². The Balaban J connectivity index is 1.77. The molecule has 1 amide bonds. The topological polar surface area (TPSA) is 61.4 Å². The zero-order valence-corrected chi connectivity index (χ0v) is 9.91. The van der Waals surface area contributed by atoms with Crippen molar-refractivity contribution in [3.05, 3.63) is 0 Å². The van der Waals surface area contributed by atoms with Gasteiger partial charge in [-0.2, -0.15) is 0 Å². The van der Waals surface area contributed by atoms with Gasteiger partial charge in [0.1, 0.15) is 0 Å². The van der Waals surface area contributed by atoms with Crippen LogP contribution < -0.4 is 10.6 Å². The van der Waals surface area contributed by atoms with Gasteiger partial charge in [-0.3, -0.25) is 4.79 Å². The molecule has 2 unspecified atom stereocenters. The molecule has 92 valence electrons. The zero-order valence-electron chi connectivity index (χ0n) is 9.91. The highest BCUT2D eigenvalue weighted by Gasteiger charge is 2.30. The van der Waals surface area contributed by atoms with Gasteiger partial charge < -0.3 is 15.7 Å². The third kappa shape index (κ3) is 2.74. The molecule has 1 saturated heterocycles. The van der Waals surface area contributed by atoms with Gasteiger partial charge in [-0.25, -0.2) is 0 Å². The second-order valence-corrected chi connectivity index (χ2v) is 5.19. The van der Waals surface area contributed by atoms with Crippen LogP contribution in [0, 0.1) is 5.92 Å². The molecule has 0 radical (unpaired) electrons. The molecule has 0 spiro atoms. The number of amides is 1. The Labute approximate surface area is 96.8 Å². The molecular formula is C12H22N2O2. The molecule has 2 aliphatic rings. The summed E-state index contributed by atoms with van der Waals surface area (Å²) in [6.07, 6.45) is 5.25. The number of hydrogen-bond donors (Lipinski definition) is 3. The largest absolute Gasteiger partial charge is 0.392 e. The molecule has 0 aromatic carbocycles. The summed E-state index contributed by atoms with van der Waals surface area (Å²) in [5.41, 5.74) is 0. The maximum Gasteiger partial charge on any atom is 0.237 e. The van der Waals surface area contributed by atoms with E-state index in [4.69, 9.17) is 0 Å². The van der Waals surface area contributed by atoms with Crippen molar-refractivity contribution in [2.45, 2.75) is 57.2 Å². The number of aliphatic hydroxyl groups is 1. The third-order valence-electron chi connectivity index (χ3n) is 3.90. The lowest BCUT2D eigenvalue weighted by Crippen LogP contribution is -2.46. The highest BCUT2D eigenvalue weighted by Crippen LogP contribution is 2.27. The monoisotopic (exact) mass is 226 g/mol. The van der Waals surface area contributed by atoms with Crippen LogP contribution in [-0.2, 0) is 4.79 Å². The summed E-state index contributed by atoms with van der Waals surface area (Å²) >= 11 is 0. The number of rotatable bonds is 3. The van der Waals surface area contributed by atoms with E-state index >= 15 is 0 Å². The van der Waals surface area contributed by atoms with Crippen molar-refractivity contribution in [1.29, 1.82) is 0 Å². The summed E-state index contributed by atoms with van der Waals surface area (Å²) in [5.74, 6) is 0.700. The quantitative estimate of drug-likeness (QED) is 0.653. The van der Waals surface area contributed by atoms with Crippen LogP contribution in [0.3, 0.4) is 0 Å². The van der Waals surface area contributed by atoms with Crippen molar-refractivity contribution >= 4 is 5.91 Å². The van der Waals surface area contributed by atoms with Crippen LogP contribution >= 0.6 is 0 Å². The lowest BCUT2D eigenvalue weighted by atomic mass is 9.99. The summed E-state index contributed by atoms with van der Waals surface area (Å²) < 4.78 is 0. The van der Waals surface area contributed by atoms with Crippen molar-refractivity contribution in [2.75, 3.05) is 6.54 Å². The molecule has 16 heavy (non-hydrogen) atoms. The minimum absolute atomic E-state index is 0.0518. The van der Waals surface area contributed by atoms with Crippen molar-refractivity contribution < 1.29 is 9.90 Å². The Morgan fingerprint density at radius 1 is 1.44 bits per heavy atom. The number of hydrogen-bond acceptors (Lipinski definition) is 3. The summed E-state index contributed by atoms with van der Waals surface area (Å²) in [6.45, 7) is 2.63. The predicted octanol–water partition coefficient (Wildman–Crippen LogP) is 0.404. The Bertz CT molecular complexity index is 251. The van der Waals surface area contributed by atoms with Gasteiger partial charge in [0.2, 0.25) is 5.91 Å². The summed E-state index contributed by atoms with van der Waals surface area (Å²) in [6, 6.07) is 0.0772. The van der Waals surface area contributed by atoms with Crippen LogP contribution in [0.4, 0.5) is 0 Å². The van der Waals surface area contributed by atoms with E-state index in [0.29, 0.717) is 18.9 Å². The first-order chi connectivity index (χ1) is 7.66. The molecule has 0 aromatic rings. The first kappa shape index (κ1) is 11.9. The number of nitrogens with one attached hydrogen (secondary N) is 2. The Kier molecular flexibility index (Phi) is 3.82. The smallest absolute Gasteiger partial charge is 0.237 e. The fourth-order valence-electron chi connectivity index (χ4n) is 2.82. The van der Waals surface area contributed by atoms with Gasteiger partial charge in [0.05, 0.1) is 12.1 Å².